The van der Waals surface area contributed by atoms with Crippen molar-refractivity contribution in [3.63, 3.8) is 0 Å². The smallest absolute Gasteiger partial charge is 0.260 e. The summed E-state index contributed by atoms with van der Waals surface area (Å²) in [6.45, 7) is 6.69. The van der Waals surface area contributed by atoms with Crippen molar-refractivity contribution < 1.29 is 14.3 Å². The molecule has 0 spiro atoms. The molecule has 0 saturated carbocycles. The third kappa shape index (κ3) is 6.83. The van der Waals surface area contributed by atoms with Gasteiger partial charge >= 0.3 is 0 Å². The van der Waals surface area contributed by atoms with Gasteiger partial charge in [0, 0.05) is 58.6 Å². The lowest BCUT2D eigenvalue weighted by Crippen LogP contribution is -2.49. The first kappa shape index (κ1) is 30.1. The van der Waals surface area contributed by atoms with E-state index in [-0.39, 0.29) is 11.8 Å². The van der Waals surface area contributed by atoms with Gasteiger partial charge in [0.05, 0.1) is 36.8 Å². The van der Waals surface area contributed by atoms with E-state index in [4.69, 9.17) is 9.72 Å². The summed E-state index contributed by atoms with van der Waals surface area (Å²) in [6, 6.07) is 13.5. The number of hydrogen-bond donors (Lipinski definition) is 2. The van der Waals surface area contributed by atoms with Gasteiger partial charge in [-0.2, -0.15) is 4.98 Å². The number of nitrogens with zero attached hydrogens (tertiary/aromatic N) is 6. The molecule has 43 heavy (non-hydrogen) atoms. The summed E-state index contributed by atoms with van der Waals surface area (Å²) in [6.07, 6.45) is 6.29. The van der Waals surface area contributed by atoms with Crippen molar-refractivity contribution in [1.82, 2.24) is 20.2 Å². The van der Waals surface area contributed by atoms with Crippen molar-refractivity contribution >= 4 is 46.3 Å². The third-order valence-corrected chi connectivity index (χ3v) is 8.12. The second-order valence-electron chi connectivity index (χ2n) is 11.0. The highest BCUT2D eigenvalue weighted by Gasteiger charge is 2.29. The van der Waals surface area contributed by atoms with Crippen LogP contribution in [0.3, 0.4) is 0 Å². The molecule has 3 aromatic rings. The number of anilines is 6. The Hall–Kier alpha value is -4.38. The maximum atomic E-state index is 13.1. The number of fused-ring (bicyclic) bond motifs is 2. The number of rotatable bonds is 11. The lowest BCUT2D eigenvalue weighted by molar-refractivity contribution is -0.122. The first-order valence-electron chi connectivity index (χ1n) is 15.1. The Morgan fingerprint density at radius 1 is 0.977 bits per heavy atom. The van der Waals surface area contributed by atoms with Gasteiger partial charge in [0.1, 0.15) is 11.4 Å². The van der Waals surface area contributed by atoms with Crippen molar-refractivity contribution in [2.75, 3.05) is 80.5 Å². The molecule has 2 aromatic carbocycles. The Kier molecular flexibility index (Phi) is 9.61. The number of hydrogen-bond acceptors (Lipinski definition) is 9. The fraction of sp³-hybridized carbons (Fsp3) is 0.438. The second kappa shape index (κ2) is 13.7. The Morgan fingerprint density at radius 2 is 1.77 bits per heavy atom. The van der Waals surface area contributed by atoms with E-state index in [9.17, 15) is 9.59 Å². The normalized spacial score (nSPS) is 15.1. The minimum atomic E-state index is -0.107. The van der Waals surface area contributed by atoms with Crippen LogP contribution in [0.4, 0.5) is 34.5 Å². The Morgan fingerprint density at radius 3 is 2.53 bits per heavy atom. The summed E-state index contributed by atoms with van der Waals surface area (Å²) in [5, 5.41) is 6.36. The number of carbonyl (C=O) groups is 2. The number of carbonyl (C=O) groups excluding carboxylic acids is 2. The quantitative estimate of drug-likeness (QED) is 0.316. The molecule has 0 atom stereocenters. The monoisotopic (exact) mass is 586 g/mol. The van der Waals surface area contributed by atoms with Gasteiger partial charge in [-0.15, -0.1) is 0 Å². The summed E-state index contributed by atoms with van der Waals surface area (Å²) >= 11 is 0. The molecule has 0 unspecified atom stereocenters. The number of para-hydroxylation sites is 1. The zero-order valence-corrected chi connectivity index (χ0v) is 25.6. The standard InChI is InChI=1S/C32H42N8O3/c1-5-6-7-10-15-33-29(41)22-39-16-18-40(19-17-39)23-13-14-25(28(20-23)43-4)35-32-34-21-27-30(36-32)37(2)26-12-9-8-11-24(26)31(42)38(27)3/h8-9,11-14,20-21H,5-7,10,15-19,22H2,1-4H3,(H,33,41)(H,34,35,36). The van der Waals surface area contributed by atoms with E-state index in [1.165, 1.54) is 19.3 Å². The van der Waals surface area contributed by atoms with Gasteiger partial charge in [0.25, 0.3) is 5.91 Å². The lowest BCUT2D eigenvalue weighted by atomic mass is 10.1. The highest BCUT2D eigenvalue weighted by atomic mass is 16.5. The maximum absolute atomic E-state index is 13.1. The van der Waals surface area contributed by atoms with Crippen molar-refractivity contribution in [3.05, 3.63) is 54.2 Å². The van der Waals surface area contributed by atoms with Gasteiger partial charge in [-0.25, -0.2) is 4.98 Å². The molecule has 2 N–H and O–H groups in total. The number of ether oxygens (including phenoxy) is 1. The Bertz CT molecular complexity index is 1440. The fourth-order valence-electron chi connectivity index (χ4n) is 5.56. The molecule has 2 aliphatic heterocycles. The van der Waals surface area contributed by atoms with Crippen LogP contribution >= 0.6 is 0 Å². The zero-order chi connectivity index (χ0) is 30.3. The summed E-state index contributed by atoms with van der Waals surface area (Å²) in [7, 11) is 5.28. The highest BCUT2D eigenvalue weighted by Crippen LogP contribution is 2.39. The van der Waals surface area contributed by atoms with Gasteiger partial charge < -0.3 is 30.1 Å². The van der Waals surface area contributed by atoms with E-state index >= 15 is 0 Å². The van der Waals surface area contributed by atoms with Crippen LogP contribution in [0.1, 0.15) is 43.0 Å². The minimum Gasteiger partial charge on any atom is -0.494 e. The predicted octanol–water partition coefficient (Wildman–Crippen LogP) is 4.41. The zero-order valence-electron chi connectivity index (χ0n) is 25.6. The summed E-state index contributed by atoms with van der Waals surface area (Å²) in [5.74, 6) is 1.69. The maximum Gasteiger partial charge on any atom is 0.260 e. The molecule has 0 radical (unpaired) electrons. The van der Waals surface area contributed by atoms with Gasteiger partial charge in [0.2, 0.25) is 11.9 Å². The molecule has 1 saturated heterocycles. The number of nitrogens with one attached hydrogen (secondary N) is 2. The van der Waals surface area contributed by atoms with Crippen LogP contribution in [0.15, 0.2) is 48.7 Å². The number of methoxy groups -OCH3 is 1. The van der Waals surface area contributed by atoms with Crippen LogP contribution in [0, 0.1) is 0 Å². The van der Waals surface area contributed by atoms with Crippen LogP contribution in [0.25, 0.3) is 0 Å². The highest BCUT2D eigenvalue weighted by molar-refractivity contribution is 6.13. The van der Waals surface area contributed by atoms with Crippen LogP contribution < -0.4 is 30.1 Å². The van der Waals surface area contributed by atoms with Crippen LogP contribution in [-0.4, -0.2) is 87.2 Å². The van der Waals surface area contributed by atoms with Gasteiger partial charge in [-0.05, 0) is 30.7 Å². The molecule has 3 heterocycles. The summed E-state index contributed by atoms with van der Waals surface area (Å²) in [5.41, 5.74) is 3.82. The Balaban J connectivity index is 1.22. The van der Waals surface area contributed by atoms with E-state index in [1.54, 1.807) is 25.3 Å². The molecule has 1 aromatic heterocycles. The minimum absolute atomic E-state index is 0.107. The average molecular weight is 587 g/mol. The van der Waals surface area contributed by atoms with E-state index in [0.717, 1.165) is 56.2 Å². The molecule has 5 rings (SSSR count). The molecule has 2 aliphatic rings. The van der Waals surface area contributed by atoms with E-state index in [0.29, 0.717) is 35.3 Å². The van der Waals surface area contributed by atoms with Crippen molar-refractivity contribution in [3.8, 4) is 5.75 Å². The molecule has 2 amide bonds. The summed E-state index contributed by atoms with van der Waals surface area (Å²) in [4.78, 5) is 42.7. The number of benzene rings is 2. The second-order valence-corrected chi connectivity index (χ2v) is 11.0. The van der Waals surface area contributed by atoms with E-state index in [2.05, 4.69) is 38.4 Å². The van der Waals surface area contributed by atoms with Crippen LogP contribution in [-0.2, 0) is 4.79 Å². The lowest BCUT2D eigenvalue weighted by Gasteiger charge is -2.36. The topological polar surface area (TPSA) is 106 Å². The molecule has 228 valence electrons. The fourth-order valence-corrected chi connectivity index (χ4v) is 5.56. The van der Waals surface area contributed by atoms with Crippen molar-refractivity contribution in [1.29, 1.82) is 0 Å². The van der Waals surface area contributed by atoms with Gasteiger partial charge in [0.15, 0.2) is 5.82 Å². The number of aromatic nitrogens is 2. The van der Waals surface area contributed by atoms with E-state index in [1.807, 2.05) is 48.3 Å². The summed E-state index contributed by atoms with van der Waals surface area (Å²) < 4.78 is 5.74. The predicted molar refractivity (Wildman–Crippen MR) is 171 cm³/mol. The Labute approximate surface area is 253 Å². The van der Waals surface area contributed by atoms with Gasteiger partial charge in [-0.1, -0.05) is 38.3 Å². The third-order valence-electron chi connectivity index (χ3n) is 8.12. The SMILES string of the molecule is CCCCCCNC(=O)CN1CCN(c2ccc(Nc3ncc4c(n3)N(C)c3ccccc3C(=O)N4C)c(OC)c2)CC1. The number of unbranched alkanes of at least 4 members (excludes halogenated alkanes) is 3. The van der Waals surface area contributed by atoms with Crippen molar-refractivity contribution in [2.24, 2.45) is 0 Å². The van der Waals surface area contributed by atoms with Gasteiger partial charge in [-0.3, -0.25) is 14.5 Å². The molecule has 11 heteroatoms. The van der Waals surface area contributed by atoms with Crippen molar-refractivity contribution in [2.45, 2.75) is 32.6 Å². The first-order valence-corrected chi connectivity index (χ1v) is 15.1. The average Bonchev–Trinajstić information content (AvgIpc) is 3.11. The molecule has 1 fully saturated rings. The number of piperazine rings is 1. The van der Waals surface area contributed by atoms with Crippen LogP contribution in [0.2, 0.25) is 0 Å². The molecule has 0 bridgehead atoms. The largest absolute Gasteiger partial charge is 0.494 e. The molecular formula is C32H42N8O3. The molecule has 0 aliphatic carbocycles. The van der Waals surface area contributed by atoms with E-state index < -0.39 is 0 Å². The van der Waals surface area contributed by atoms with Crippen LogP contribution in [0.5, 0.6) is 5.75 Å². The number of amides is 2. The molecule has 11 nitrogen and oxygen atoms in total. The molecular weight excluding hydrogens is 544 g/mol. The first-order chi connectivity index (χ1) is 20.9.